The van der Waals surface area contributed by atoms with Gasteiger partial charge in [0.1, 0.15) is 24.7 Å². The fraction of sp³-hybridized carbons (Fsp3) is 0.185. The third kappa shape index (κ3) is 4.27. The van der Waals surface area contributed by atoms with E-state index in [4.69, 9.17) is 25.8 Å². The summed E-state index contributed by atoms with van der Waals surface area (Å²) in [5.41, 5.74) is 0.325. The molecule has 0 aliphatic carbocycles. The molecule has 2 heterocycles. The van der Waals surface area contributed by atoms with E-state index >= 15 is 0 Å². The maximum Gasteiger partial charge on any atom is 0.300 e. The number of phenolic OH excluding ortho intramolecular Hbond substituents is 2. The minimum absolute atomic E-state index is 0.0214. The van der Waals surface area contributed by atoms with Gasteiger partial charge >= 0.3 is 0 Å². The van der Waals surface area contributed by atoms with E-state index < -0.39 is 23.5 Å². The molecule has 1 amide bonds. The highest BCUT2D eigenvalue weighted by molar-refractivity contribution is 6.52. The minimum Gasteiger partial charge on any atom is -0.507 e. The van der Waals surface area contributed by atoms with Crippen LogP contribution in [0, 0.1) is 0 Å². The number of aliphatic hydroxyl groups is 1. The number of hydrogen-bond acceptors (Lipinski definition) is 8. The Hall–Kier alpha value is -4.37. The SMILES string of the molecule is CCOc1cc(C2/C(=C(\O)c3ccc4c(c3)OCCO4)C(=O)C(=O)N2c2cc(Cl)ccc2O)ccc1O. The van der Waals surface area contributed by atoms with Gasteiger partial charge in [0.2, 0.25) is 0 Å². The fourth-order valence-corrected chi connectivity index (χ4v) is 4.57. The second-order valence-electron chi connectivity index (χ2n) is 8.32. The van der Waals surface area contributed by atoms with Crippen LogP contribution in [-0.2, 0) is 9.59 Å². The van der Waals surface area contributed by atoms with E-state index in [1.54, 1.807) is 19.1 Å². The molecule has 1 atom stereocenters. The largest absolute Gasteiger partial charge is 0.507 e. The summed E-state index contributed by atoms with van der Waals surface area (Å²) in [5.74, 6) is -1.83. The van der Waals surface area contributed by atoms with Crippen LogP contribution in [0.25, 0.3) is 5.76 Å². The van der Waals surface area contributed by atoms with E-state index in [9.17, 15) is 24.9 Å². The van der Waals surface area contributed by atoms with Crippen molar-refractivity contribution >= 4 is 34.7 Å². The Labute approximate surface area is 216 Å². The molecular weight excluding hydrogens is 502 g/mol. The molecule has 0 aromatic heterocycles. The van der Waals surface area contributed by atoms with Crippen molar-refractivity contribution in [2.45, 2.75) is 13.0 Å². The molecule has 10 heteroatoms. The number of rotatable bonds is 5. The Kier molecular flexibility index (Phi) is 6.31. The first-order valence-corrected chi connectivity index (χ1v) is 11.8. The number of halogens is 1. The van der Waals surface area contributed by atoms with Crippen LogP contribution >= 0.6 is 11.6 Å². The van der Waals surface area contributed by atoms with Crippen molar-refractivity contribution in [2.75, 3.05) is 24.7 Å². The number of Topliss-reactive ketones (excluding diaryl/α,β-unsaturated/α-hetero) is 1. The van der Waals surface area contributed by atoms with Crippen LogP contribution in [0.2, 0.25) is 5.02 Å². The molecule has 3 aromatic rings. The summed E-state index contributed by atoms with van der Waals surface area (Å²) in [6.07, 6.45) is 0. The molecule has 9 nitrogen and oxygen atoms in total. The van der Waals surface area contributed by atoms with E-state index in [2.05, 4.69) is 0 Å². The Morgan fingerprint density at radius 3 is 2.49 bits per heavy atom. The van der Waals surface area contributed by atoms with Gasteiger partial charge < -0.3 is 29.5 Å². The monoisotopic (exact) mass is 523 g/mol. The van der Waals surface area contributed by atoms with Crippen molar-refractivity contribution < 1.29 is 39.1 Å². The molecule has 3 N–H and O–H groups in total. The number of anilines is 1. The predicted octanol–water partition coefficient (Wildman–Crippen LogP) is 4.55. The van der Waals surface area contributed by atoms with Gasteiger partial charge in [-0.3, -0.25) is 14.5 Å². The number of phenols is 2. The quantitative estimate of drug-likeness (QED) is 0.253. The summed E-state index contributed by atoms with van der Waals surface area (Å²) in [6.45, 7) is 2.70. The Balaban J connectivity index is 1.73. The maximum absolute atomic E-state index is 13.4. The van der Waals surface area contributed by atoms with Gasteiger partial charge in [0, 0.05) is 10.6 Å². The molecule has 1 saturated heterocycles. The molecule has 0 bridgehead atoms. The van der Waals surface area contributed by atoms with E-state index in [1.807, 2.05) is 0 Å². The summed E-state index contributed by atoms with van der Waals surface area (Å²) in [4.78, 5) is 27.8. The average molecular weight is 524 g/mol. The number of ether oxygens (including phenoxy) is 3. The number of nitrogens with zero attached hydrogens (tertiary/aromatic N) is 1. The van der Waals surface area contributed by atoms with Crippen LogP contribution in [-0.4, -0.2) is 46.8 Å². The zero-order valence-corrected chi connectivity index (χ0v) is 20.4. The molecule has 0 spiro atoms. The molecule has 2 aliphatic rings. The lowest BCUT2D eigenvalue weighted by Crippen LogP contribution is -2.29. The summed E-state index contributed by atoms with van der Waals surface area (Å²) in [6, 6.07) is 11.9. The molecule has 0 radical (unpaired) electrons. The van der Waals surface area contributed by atoms with Crippen molar-refractivity contribution in [3.63, 3.8) is 0 Å². The summed E-state index contributed by atoms with van der Waals surface area (Å²) < 4.78 is 16.6. The third-order valence-electron chi connectivity index (χ3n) is 6.06. The van der Waals surface area contributed by atoms with Crippen LogP contribution < -0.4 is 19.1 Å². The van der Waals surface area contributed by atoms with Crippen molar-refractivity contribution in [1.82, 2.24) is 0 Å². The fourth-order valence-electron chi connectivity index (χ4n) is 4.40. The Morgan fingerprint density at radius 2 is 1.73 bits per heavy atom. The van der Waals surface area contributed by atoms with E-state index in [-0.39, 0.29) is 45.7 Å². The number of fused-ring (bicyclic) bond motifs is 1. The first-order valence-electron chi connectivity index (χ1n) is 11.5. The zero-order valence-electron chi connectivity index (χ0n) is 19.6. The minimum atomic E-state index is -1.18. The number of ketones is 1. The second-order valence-corrected chi connectivity index (χ2v) is 8.76. The topological polar surface area (TPSA) is 126 Å². The van der Waals surface area contributed by atoms with E-state index in [1.165, 1.54) is 42.5 Å². The molecule has 3 aromatic carbocycles. The normalized spacial score (nSPS) is 18.2. The van der Waals surface area contributed by atoms with Gasteiger partial charge in [-0.15, -0.1) is 0 Å². The first kappa shape index (κ1) is 24.3. The maximum atomic E-state index is 13.4. The van der Waals surface area contributed by atoms with Crippen molar-refractivity contribution in [2.24, 2.45) is 0 Å². The highest BCUT2D eigenvalue weighted by Gasteiger charge is 2.48. The molecule has 2 aliphatic heterocycles. The molecule has 0 saturated carbocycles. The van der Waals surface area contributed by atoms with Crippen molar-refractivity contribution in [3.8, 4) is 28.7 Å². The highest BCUT2D eigenvalue weighted by Crippen LogP contribution is 2.47. The molecule has 37 heavy (non-hydrogen) atoms. The van der Waals surface area contributed by atoms with E-state index in [0.29, 0.717) is 30.3 Å². The van der Waals surface area contributed by atoms with Crippen molar-refractivity contribution in [3.05, 3.63) is 76.3 Å². The van der Waals surface area contributed by atoms with Gasteiger partial charge in [-0.2, -0.15) is 0 Å². The number of carbonyl (C=O) groups excluding carboxylic acids is 2. The van der Waals surface area contributed by atoms with Crippen LogP contribution in [0.15, 0.2) is 60.2 Å². The number of aromatic hydroxyl groups is 2. The Bertz CT molecular complexity index is 1450. The molecule has 5 rings (SSSR count). The van der Waals surface area contributed by atoms with Gasteiger partial charge in [0.15, 0.2) is 23.0 Å². The number of benzene rings is 3. The number of aliphatic hydroxyl groups excluding tert-OH is 1. The lowest BCUT2D eigenvalue weighted by Gasteiger charge is -2.26. The van der Waals surface area contributed by atoms with E-state index in [0.717, 1.165) is 4.90 Å². The van der Waals surface area contributed by atoms with Gasteiger partial charge in [-0.25, -0.2) is 0 Å². The van der Waals surface area contributed by atoms with Gasteiger partial charge in [0.05, 0.1) is 23.9 Å². The number of hydrogen-bond donors (Lipinski definition) is 3. The van der Waals surface area contributed by atoms with Gasteiger partial charge in [-0.05, 0) is 61.0 Å². The highest BCUT2D eigenvalue weighted by atomic mass is 35.5. The van der Waals surface area contributed by atoms with Crippen LogP contribution in [0.4, 0.5) is 5.69 Å². The van der Waals surface area contributed by atoms with Gasteiger partial charge in [0.25, 0.3) is 11.7 Å². The predicted molar refractivity (Wildman–Crippen MR) is 135 cm³/mol. The zero-order chi connectivity index (χ0) is 26.3. The second kappa shape index (κ2) is 9.59. The third-order valence-corrected chi connectivity index (χ3v) is 6.29. The van der Waals surface area contributed by atoms with Gasteiger partial charge in [-0.1, -0.05) is 17.7 Å². The lowest BCUT2D eigenvalue weighted by molar-refractivity contribution is -0.132. The van der Waals surface area contributed by atoms with Crippen molar-refractivity contribution in [1.29, 1.82) is 0 Å². The summed E-state index contributed by atoms with van der Waals surface area (Å²) >= 11 is 6.15. The number of amides is 1. The standard InChI is InChI=1S/C27H22ClNO8/c1-2-35-21-11-14(3-6-19(21)31)24-23(25(32)15-4-8-20-22(12-15)37-10-9-36-20)26(33)27(34)29(24)17-13-16(28)5-7-18(17)30/h3-8,11-13,24,30-32H,2,9-10H2,1H3/b25-23+. The molecule has 190 valence electrons. The summed E-state index contributed by atoms with van der Waals surface area (Å²) in [7, 11) is 0. The van der Waals surface area contributed by atoms with Crippen LogP contribution in [0.3, 0.4) is 0 Å². The average Bonchev–Trinajstić information content (AvgIpc) is 3.16. The smallest absolute Gasteiger partial charge is 0.300 e. The number of carbonyl (C=O) groups is 2. The first-order chi connectivity index (χ1) is 17.8. The molecule has 1 fully saturated rings. The van der Waals surface area contributed by atoms with Crippen LogP contribution in [0.1, 0.15) is 24.1 Å². The molecular formula is C27H22ClNO8. The lowest BCUT2D eigenvalue weighted by atomic mass is 9.94. The Morgan fingerprint density at radius 1 is 1.00 bits per heavy atom. The molecule has 1 unspecified atom stereocenters. The summed E-state index contributed by atoms with van der Waals surface area (Å²) in [5, 5.41) is 32.4. The van der Waals surface area contributed by atoms with Crippen LogP contribution in [0.5, 0.6) is 28.7 Å².